The first-order valence-electron chi connectivity index (χ1n) is 5.58. The van der Waals surface area contributed by atoms with Crippen LogP contribution >= 0.6 is 11.3 Å². The van der Waals surface area contributed by atoms with Crippen LogP contribution in [0.3, 0.4) is 0 Å². The van der Waals surface area contributed by atoms with Crippen molar-refractivity contribution in [3.8, 4) is 0 Å². The number of carbonyl (C=O) groups is 1. The molecule has 0 aliphatic carbocycles. The van der Waals surface area contributed by atoms with Crippen molar-refractivity contribution in [3.63, 3.8) is 0 Å². The van der Waals surface area contributed by atoms with Crippen molar-refractivity contribution in [2.24, 2.45) is 0 Å². The first-order chi connectivity index (χ1) is 8.46. The van der Waals surface area contributed by atoms with Crippen molar-refractivity contribution >= 4 is 27.1 Å². The summed E-state index contributed by atoms with van der Waals surface area (Å²) in [7, 11) is -2.92. The van der Waals surface area contributed by atoms with E-state index in [9.17, 15) is 13.2 Å². The van der Waals surface area contributed by atoms with Gasteiger partial charge in [-0.15, -0.1) is 11.3 Å². The zero-order valence-electron chi connectivity index (χ0n) is 9.63. The number of sulfone groups is 1. The van der Waals surface area contributed by atoms with E-state index >= 15 is 0 Å². The highest BCUT2D eigenvalue weighted by molar-refractivity contribution is 7.91. The Morgan fingerprint density at radius 2 is 2.39 bits per heavy atom. The lowest BCUT2D eigenvalue weighted by atomic mass is 10.2. The molecule has 1 unspecified atom stereocenters. The number of aromatic nitrogens is 1. The summed E-state index contributed by atoms with van der Waals surface area (Å²) in [5.74, 6) is -0.611. The molecule has 1 aliphatic heterocycles. The van der Waals surface area contributed by atoms with E-state index in [1.807, 2.05) is 0 Å². The molecule has 2 N–H and O–H groups in total. The lowest BCUT2D eigenvalue weighted by molar-refractivity contribution is 0.0696. The van der Waals surface area contributed by atoms with Crippen molar-refractivity contribution in [2.45, 2.75) is 25.4 Å². The molecule has 1 atom stereocenters. The number of carboxylic acid groups (broad SMARTS) is 1. The lowest BCUT2D eigenvalue weighted by Gasteiger charge is -2.22. The van der Waals surface area contributed by atoms with Gasteiger partial charge in [0.25, 0.3) is 0 Å². The highest BCUT2D eigenvalue weighted by Gasteiger charge is 2.24. The average Bonchev–Trinajstić information content (AvgIpc) is 2.74. The number of rotatable bonds is 4. The van der Waals surface area contributed by atoms with Crippen molar-refractivity contribution in [3.05, 3.63) is 16.1 Å². The van der Waals surface area contributed by atoms with Crippen LogP contribution in [0, 0.1) is 0 Å². The van der Waals surface area contributed by atoms with Gasteiger partial charge in [0.1, 0.15) is 0 Å². The number of nitrogens with zero attached hydrogens (tertiary/aromatic N) is 1. The smallest absolute Gasteiger partial charge is 0.365 e. The standard InChI is InChI=1S/C10H14N2O4S2/c13-10(14)9-12-8(5-17-9)4-11-7-2-1-3-18(15,16)6-7/h5,7,11H,1-4,6H2,(H,13,14). The van der Waals surface area contributed by atoms with E-state index in [4.69, 9.17) is 5.11 Å². The van der Waals surface area contributed by atoms with Gasteiger partial charge in [-0.1, -0.05) is 0 Å². The fourth-order valence-electron chi connectivity index (χ4n) is 1.92. The fraction of sp³-hybridized carbons (Fsp3) is 0.600. The van der Waals surface area contributed by atoms with Gasteiger partial charge < -0.3 is 10.4 Å². The van der Waals surface area contributed by atoms with Gasteiger partial charge in [0, 0.05) is 18.0 Å². The molecule has 2 heterocycles. The Balaban J connectivity index is 1.89. The van der Waals surface area contributed by atoms with Crippen LogP contribution in [-0.2, 0) is 16.4 Å². The molecule has 2 rings (SSSR count). The van der Waals surface area contributed by atoms with Crippen LogP contribution in [0.1, 0.15) is 28.3 Å². The van der Waals surface area contributed by atoms with E-state index in [0.717, 1.165) is 17.8 Å². The normalized spacial score (nSPS) is 22.8. The predicted octanol–water partition coefficient (Wildman–Crippen LogP) is 0.508. The maximum absolute atomic E-state index is 11.4. The zero-order valence-corrected chi connectivity index (χ0v) is 11.3. The number of carboxylic acids is 1. The molecule has 6 nitrogen and oxygen atoms in total. The minimum absolute atomic E-state index is 0.0567. The van der Waals surface area contributed by atoms with Gasteiger partial charge in [-0.05, 0) is 12.8 Å². The van der Waals surface area contributed by atoms with Gasteiger partial charge in [0.2, 0.25) is 5.01 Å². The quantitative estimate of drug-likeness (QED) is 0.838. The van der Waals surface area contributed by atoms with Crippen molar-refractivity contribution in [2.75, 3.05) is 11.5 Å². The van der Waals surface area contributed by atoms with E-state index in [1.54, 1.807) is 5.38 Å². The zero-order chi connectivity index (χ0) is 13.2. The molecule has 1 fully saturated rings. The molecule has 1 saturated heterocycles. The topological polar surface area (TPSA) is 96.4 Å². The SMILES string of the molecule is O=C(O)c1nc(CNC2CCCS(=O)(=O)C2)cs1. The Labute approximate surface area is 109 Å². The first-order valence-corrected chi connectivity index (χ1v) is 8.28. The van der Waals surface area contributed by atoms with Crippen LogP contribution in [0.25, 0.3) is 0 Å². The highest BCUT2D eigenvalue weighted by Crippen LogP contribution is 2.14. The summed E-state index contributed by atoms with van der Waals surface area (Å²) in [6.45, 7) is 0.407. The predicted molar refractivity (Wildman–Crippen MR) is 67.6 cm³/mol. The summed E-state index contributed by atoms with van der Waals surface area (Å²) < 4.78 is 22.9. The Bertz CT molecular complexity index is 538. The fourth-order valence-corrected chi connectivity index (χ4v) is 4.24. The second kappa shape index (κ2) is 5.33. The second-order valence-electron chi connectivity index (χ2n) is 4.28. The molecular weight excluding hydrogens is 276 g/mol. The molecular formula is C10H14N2O4S2. The Morgan fingerprint density at radius 1 is 1.61 bits per heavy atom. The molecule has 0 amide bonds. The van der Waals surface area contributed by atoms with E-state index in [0.29, 0.717) is 18.7 Å². The van der Waals surface area contributed by atoms with Crippen LogP contribution in [0.4, 0.5) is 0 Å². The van der Waals surface area contributed by atoms with Gasteiger partial charge in [-0.2, -0.15) is 0 Å². The number of hydrogen-bond donors (Lipinski definition) is 2. The Kier molecular flexibility index (Phi) is 3.98. The summed E-state index contributed by atoms with van der Waals surface area (Å²) in [5.41, 5.74) is 0.639. The minimum atomic E-state index is -2.92. The van der Waals surface area contributed by atoms with Gasteiger partial charge in [0.05, 0.1) is 17.2 Å². The highest BCUT2D eigenvalue weighted by atomic mass is 32.2. The first kappa shape index (κ1) is 13.4. The molecule has 1 aromatic heterocycles. The molecule has 1 aliphatic rings. The number of thiazole rings is 1. The maximum Gasteiger partial charge on any atom is 0.365 e. The van der Waals surface area contributed by atoms with Gasteiger partial charge in [0.15, 0.2) is 9.84 Å². The third-order valence-corrected chi connectivity index (χ3v) is 5.47. The molecule has 100 valence electrons. The van der Waals surface area contributed by atoms with E-state index in [1.165, 1.54) is 0 Å². The average molecular weight is 290 g/mol. The van der Waals surface area contributed by atoms with E-state index in [-0.39, 0.29) is 22.6 Å². The molecule has 18 heavy (non-hydrogen) atoms. The summed E-state index contributed by atoms with van der Waals surface area (Å²) in [6, 6.07) is -0.0567. The molecule has 0 saturated carbocycles. The Morgan fingerprint density at radius 3 is 3.00 bits per heavy atom. The summed E-state index contributed by atoms with van der Waals surface area (Å²) >= 11 is 1.08. The monoisotopic (exact) mass is 290 g/mol. The summed E-state index contributed by atoms with van der Waals surface area (Å²) in [6.07, 6.45) is 1.51. The Hall–Kier alpha value is -0.990. The van der Waals surface area contributed by atoms with E-state index in [2.05, 4.69) is 10.3 Å². The van der Waals surface area contributed by atoms with Crippen LogP contribution < -0.4 is 5.32 Å². The second-order valence-corrected chi connectivity index (χ2v) is 7.37. The van der Waals surface area contributed by atoms with E-state index < -0.39 is 15.8 Å². The van der Waals surface area contributed by atoms with Crippen LogP contribution in [0.5, 0.6) is 0 Å². The maximum atomic E-state index is 11.4. The van der Waals surface area contributed by atoms with Gasteiger partial charge >= 0.3 is 5.97 Å². The van der Waals surface area contributed by atoms with Crippen LogP contribution in [0.15, 0.2) is 5.38 Å². The summed E-state index contributed by atoms with van der Waals surface area (Å²) in [4.78, 5) is 14.6. The van der Waals surface area contributed by atoms with Crippen molar-refractivity contribution < 1.29 is 18.3 Å². The van der Waals surface area contributed by atoms with Gasteiger partial charge in [-0.25, -0.2) is 18.2 Å². The lowest BCUT2D eigenvalue weighted by Crippen LogP contribution is -2.39. The molecule has 0 bridgehead atoms. The molecule has 0 spiro atoms. The largest absolute Gasteiger partial charge is 0.476 e. The summed E-state index contributed by atoms with van der Waals surface area (Å²) in [5, 5.41) is 13.6. The third kappa shape index (κ3) is 3.50. The van der Waals surface area contributed by atoms with Crippen molar-refractivity contribution in [1.82, 2.24) is 10.3 Å². The number of aromatic carboxylic acids is 1. The van der Waals surface area contributed by atoms with Crippen molar-refractivity contribution in [1.29, 1.82) is 0 Å². The van der Waals surface area contributed by atoms with Gasteiger partial charge in [-0.3, -0.25) is 0 Å². The minimum Gasteiger partial charge on any atom is -0.476 e. The number of hydrogen-bond acceptors (Lipinski definition) is 6. The third-order valence-electron chi connectivity index (χ3n) is 2.77. The molecule has 0 radical (unpaired) electrons. The molecule has 0 aromatic carbocycles. The van der Waals surface area contributed by atoms with Crippen LogP contribution in [-0.4, -0.2) is 42.0 Å². The molecule has 1 aromatic rings. The van der Waals surface area contributed by atoms with Crippen LogP contribution in [0.2, 0.25) is 0 Å². The number of nitrogens with one attached hydrogen (secondary N) is 1. The molecule has 8 heteroatoms.